The predicted octanol–water partition coefficient (Wildman–Crippen LogP) is 4.15. The summed E-state index contributed by atoms with van der Waals surface area (Å²) in [5, 5.41) is 3.25. The third-order valence-electron chi connectivity index (χ3n) is 3.99. The summed E-state index contributed by atoms with van der Waals surface area (Å²) in [6.07, 6.45) is -4.67. The largest absolute Gasteiger partial charge is 0.486 e. The Balaban J connectivity index is 1.50. The highest BCUT2D eigenvalue weighted by Gasteiger charge is 2.35. The van der Waals surface area contributed by atoms with Crippen molar-refractivity contribution >= 4 is 34.3 Å². The number of aromatic nitrogens is 2. The number of halogens is 3. The van der Waals surface area contributed by atoms with Crippen LogP contribution in [0.1, 0.15) is 5.82 Å². The SMILES string of the molecule is O=C(CSc1nc(C(F)(F)F)nc2ccccc12)Nc1ccc2c(c1)OCCO2. The molecule has 0 saturated carbocycles. The lowest BCUT2D eigenvalue weighted by atomic mass is 10.2. The van der Waals surface area contributed by atoms with Gasteiger partial charge in [0.05, 0.1) is 11.3 Å². The highest BCUT2D eigenvalue weighted by atomic mass is 32.2. The second-order valence-electron chi connectivity index (χ2n) is 6.06. The molecule has 29 heavy (non-hydrogen) atoms. The van der Waals surface area contributed by atoms with Crippen LogP contribution >= 0.6 is 11.8 Å². The molecular weight excluding hydrogens is 407 g/mol. The molecular formula is C19H14F3N3O3S. The van der Waals surface area contributed by atoms with E-state index < -0.39 is 12.0 Å². The summed E-state index contributed by atoms with van der Waals surface area (Å²) >= 11 is 0.917. The molecule has 0 radical (unpaired) electrons. The first-order valence-corrected chi connectivity index (χ1v) is 9.55. The number of nitrogens with one attached hydrogen (secondary N) is 1. The van der Waals surface area contributed by atoms with Crippen LogP contribution in [0, 0.1) is 0 Å². The molecule has 0 unspecified atom stereocenters. The standard InChI is InChI=1S/C19H14F3N3O3S/c20-19(21,22)18-24-13-4-2-1-3-12(13)17(25-18)29-10-16(26)23-11-5-6-14-15(9-11)28-8-7-27-14/h1-6,9H,7-8,10H2,(H,23,26). The van der Waals surface area contributed by atoms with E-state index >= 15 is 0 Å². The number of amides is 1. The molecule has 2 heterocycles. The molecule has 1 aromatic heterocycles. The zero-order chi connectivity index (χ0) is 20.4. The summed E-state index contributed by atoms with van der Waals surface area (Å²) in [5.41, 5.74) is 0.674. The second kappa shape index (κ2) is 7.78. The van der Waals surface area contributed by atoms with Gasteiger partial charge in [-0.05, 0) is 18.2 Å². The molecule has 0 spiro atoms. The van der Waals surface area contributed by atoms with Crippen LogP contribution < -0.4 is 14.8 Å². The van der Waals surface area contributed by atoms with E-state index in [4.69, 9.17) is 9.47 Å². The zero-order valence-corrected chi connectivity index (χ0v) is 15.6. The number of fused-ring (bicyclic) bond motifs is 2. The van der Waals surface area contributed by atoms with Gasteiger partial charge in [-0.1, -0.05) is 30.0 Å². The van der Waals surface area contributed by atoms with Gasteiger partial charge in [-0.3, -0.25) is 4.79 Å². The highest BCUT2D eigenvalue weighted by molar-refractivity contribution is 8.00. The van der Waals surface area contributed by atoms with Gasteiger partial charge in [0, 0.05) is 17.1 Å². The molecule has 1 aliphatic heterocycles. The number of para-hydroxylation sites is 1. The Bertz CT molecular complexity index is 1080. The van der Waals surface area contributed by atoms with Crippen molar-refractivity contribution in [2.45, 2.75) is 11.2 Å². The van der Waals surface area contributed by atoms with Gasteiger partial charge in [0.2, 0.25) is 11.7 Å². The first-order chi connectivity index (χ1) is 13.9. The molecule has 6 nitrogen and oxygen atoms in total. The van der Waals surface area contributed by atoms with Gasteiger partial charge >= 0.3 is 6.18 Å². The van der Waals surface area contributed by atoms with Crippen LogP contribution in [0.4, 0.5) is 18.9 Å². The molecule has 4 rings (SSSR count). The number of anilines is 1. The predicted molar refractivity (Wildman–Crippen MR) is 101 cm³/mol. The molecule has 2 aromatic carbocycles. The third kappa shape index (κ3) is 4.37. The van der Waals surface area contributed by atoms with Crippen LogP contribution in [0.25, 0.3) is 10.9 Å². The fourth-order valence-electron chi connectivity index (χ4n) is 2.74. The Morgan fingerprint density at radius 3 is 2.62 bits per heavy atom. The van der Waals surface area contributed by atoms with E-state index in [0.717, 1.165) is 11.8 Å². The van der Waals surface area contributed by atoms with Crippen molar-refractivity contribution in [1.29, 1.82) is 0 Å². The molecule has 1 aliphatic rings. The van der Waals surface area contributed by atoms with Crippen LogP contribution in [0.3, 0.4) is 0 Å². The Morgan fingerprint density at radius 2 is 1.83 bits per heavy atom. The monoisotopic (exact) mass is 421 g/mol. The molecule has 150 valence electrons. The fraction of sp³-hybridized carbons (Fsp3) is 0.211. The first kappa shape index (κ1) is 19.3. The number of thioether (sulfide) groups is 1. The van der Waals surface area contributed by atoms with E-state index in [0.29, 0.717) is 35.8 Å². The third-order valence-corrected chi connectivity index (χ3v) is 4.98. The Kier molecular flexibility index (Phi) is 5.18. The van der Waals surface area contributed by atoms with Gasteiger partial charge in [0.1, 0.15) is 18.2 Å². The molecule has 10 heteroatoms. The van der Waals surface area contributed by atoms with E-state index in [1.165, 1.54) is 6.07 Å². The van der Waals surface area contributed by atoms with Crippen molar-refractivity contribution in [3.8, 4) is 11.5 Å². The summed E-state index contributed by atoms with van der Waals surface area (Å²) in [4.78, 5) is 19.5. The van der Waals surface area contributed by atoms with Crippen LogP contribution in [-0.4, -0.2) is 34.8 Å². The minimum atomic E-state index is -4.67. The maximum atomic E-state index is 13.1. The van der Waals surface area contributed by atoms with Crippen LogP contribution in [0.5, 0.6) is 11.5 Å². The summed E-state index contributed by atoms with van der Waals surface area (Å²) in [5.74, 6) is -0.616. The Morgan fingerprint density at radius 1 is 1.07 bits per heavy atom. The number of hydrogen-bond donors (Lipinski definition) is 1. The van der Waals surface area contributed by atoms with E-state index in [1.807, 2.05) is 0 Å². The van der Waals surface area contributed by atoms with E-state index in [-0.39, 0.29) is 22.2 Å². The van der Waals surface area contributed by atoms with Gasteiger partial charge in [0.25, 0.3) is 0 Å². The van der Waals surface area contributed by atoms with Crippen molar-refractivity contribution in [2.75, 3.05) is 24.3 Å². The van der Waals surface area contributed by atoms with E-state index in [1.54, 1.807) is 36.4 Å². The quantitative estimate of drug-likeness (QED) is 0.504. The molecule has 1 amide bonds. The average molecular weight is 421 g/mol. The van der Waals surface area contributed by atoms with Crippen molar-refractivity contribution in [3.63, 3.8) is 0 Å². The molecule has 0 saturated heterocycles. The van der Waals surface area contributed by atoms with Crippen molar-refractivity contribution in [2.24, 2.45) is 0 Å². The molecule has 0 atom stereocenters. The van der Waals surface area contributed by atoms with Crippen molar-refractivity contribution in [1.82, 2.24) is 9.97 Å². The average Bonchev–Trinajstić information content (AvgIpc) is 2.71. The lowest BCUT2D eigenvalue weighted by Crippen LogP contribution is -2.17. The van der Waals surface area contributed by atoms with Crippen molar-refractivity contribution < 1.29 is 27.4 Å². The fourth-order valence-corrected chi connectivity index (χ4v) is 3.56. The maximum Gasteiger partial charge on any atom is 0.451 e. The van der Waals surface area contributed by atoms with Crippen molar-refractivity contribution in [3.05, 3.63) is 48.3 Å². The van der Waals surface area contributed by atoms with E-state index in [2.05, 4.69) is 15.3 Å². The molecule has 1 N–H and O–H groups in total. The zero-order valence-electron chi connectivity index (χ0n) is 14.8. The molecule has 0 bridgehead atoms. The van der Waals surface area contributed by atoms with Crippen LogP contribution in [-0.2, 0) is 11.0 Å². The number of alkyl halides is 3. The topological polar surface area (TPSA) is 73.3 Å². The number of benzene rings is 2. The van der Waals surface area contributed by atoms with Gasteiger partial charge in [-0.15, -0.1) is 0 Å². The highest BCUT2D eigenvalue weighted by Crippen LogP contribution is 2.34. The number of rotatable bonds is 4. The Hall–Kier alpha value is -3.01. The van der Waals surface area contributed by atoms with Crippen LogP contribution in [0.15, 0.2) is 47.5 Å². The minimum absolute atomic E-state index is 0.0975. The number of ether oxygens (including phenoxy) is 2. The molecule has 0 fully saturated rings. The smallest absolute Gasteiger partial charge is 0.451 e. The number of hydrogen-bond acceptors (Lipinski definition) is 6. The molecule has 0 aliphatic carbocycles. The summed E-state index contributed by atoms with van der Waals surface area (Å²) in [6.45, 7) is 0.880. The summed E-state index contributed by atoms with van der Waals surface area (Å²) in [6, 6.07) is 11.4. The molecule has 3 aromatic rings. The maximum absolute atomic E-state index is 13.1. The van der Waals surface area contributed by atoms with Gasteiger partial charge in [-0.25, -0.2) is 9.97 Å². The second-order valence-corrected chi connectivity index (χ2v) is 7.03. The van der Waals surface area contributed by atoms with E-state index in [9.17, 15) is 18.0 Å². The van der Waals surface area contributed by atoms with Gasteiger partial charge < -0.3 is 14.8 Å². The van der Waals surface area contributed by atoms with Crippen LogP contribution in [0.2, 0.25) is 0 Å². The Labute approximate surface area is 167 Å². The van der Waals surface area contributed by atoms with Gasteiger partial charge in [0.15, 0.2) is 11.5 Å². The summed E-state index contributed by atoms with van der Waals surface area (Å²) in [7, 11) is 0. The normalized spacial score (nSPS) is 13.3. The number of carbonyl (C=O) groups excluding carboxylic acids is 1. The lowest BCUT2D eigenvalue weighted by molar-refractivity contribution is -0.145. The summed E-state index contributed by atoms with van der Waals surface area (Å²) < 4.78 is 50.1. The first-order valence-electron chi connectivity index (χ1n) is 8.56. The number of nitrogens with zero attached hydrogens (tertiary/aromatic N) is 2. The minimum Gasteiger partial charge on any atom is -0.486 e. The van der Waals surface area contributed by atoms with Gasteiger partial charge in [-0.2, -0.15) is 13.2 Å². The lowest BCUT2D eigenvalue weighted by Gasteiger charge is -2.19. The number of carbonyl (C=O) groups is 1.